The van der Waals surface area contributed by atoms with Gasteiger partial charge in [-0.25, -0.2) is 0 Å². The van der Waals surface area contributed by atoms with E-state index < -0.39 is 37.6 Å². The van der Waals surface area contributed by atoms with Crippen molar-refractivity contribution >= 4 is 11.6 Å². The molecule has 20 heavy (non-hydrogen) atoms. The van der Waals surface area contributed by atoms with Crippen LogP contribution >= 0.6 is 0 Å². The molecule has 0 aromatic carbocycles. The summed E-state index contributed by atoms with van der Waals surface area (Å²) in [5, 5.41) is 52.2. The highest BCUT2D eigenvalue weighted by atomic mass is 16.4. The first kappa shape index (κ1) is 24.1. The molecule has 0 spiro atoms. The molecule has 0 aliphatic rings. The van der Waals surface area contributed by atoms with Gasteiger partial charge in [0, 0.05) is 0 Å². The van der Waals surface area contributed by atoms with Gasteiger partial charge >= 0.3 is 0 Å². The van der Waals surface area contributed by atoms with Gasteiger partial charge in [0.25, 0.3) is 0 Å². The first-order valence-corrected chi connectivity index (χ1v) is 5.89. The van der Waals surface area contributed by atoms with E-state index >= 15 is 0 Å². The maximum absolute atomic E-state index is 9.44. The van der Waals surface area contributed by atoms with Crippen LogP contribution in [0.5, 0.6) is 0 Å². The third-order valence-corrected chi connectivity index (χ3v) is 1.51. The van der Waals surface area contributed by atoms with E-state index in [0.717, 1.165) is 0 Å². The van der Waals surface area contributed by atoms with Crippen LogP contribution in [0.15, 0.2) is 0 Å². The molecule has 0 aliphatic carbocycles. The fourth-order valence-corrected chi connectivity index (χ4v) is 0.671. The highest BCUT2D eigenvalue weighted by molar-refractivity contribution is 5.72. The molecule has 8 nitrogen and oxygen atoms in total. The van der Waals surface area contributed by atoms with Crippen LogP contribution in [0, 0.1) is 0 Å². The Balaban J connectivity index is -0.000000297. The average molecular weight is 298 g/mol. The molecule has 0 unspecified atom stereocenters. The van der Waals surface area contributed by atoms with Crippen LogP contribution in [0.3, 0.4) is 0 Å². The Bertz CT molecular complexity index is 222. The van der Waals surface area contributed by atoms with Crippen molar-refractivity contribution < 1.29 is 40.2 Å². The van der Waals surface area contributed by atoms with Crippen molar-refractivity contribution in [2.75, 3.05) is 13.2 Å². The first-order chi connectivity index (χ1) is 9.00. The van der Waals surface area contributed by atoms with E-state index in [4.69, 9.17) is 30.6 Å². The fourth-order valence-electron chi connectivity index (χ4n) is 0.671. The van der Waals surface area contributed by atoms with Gasteiger partial charge in [-0.1, -0.05) is 0 Å². The summed E-state index contributed by atoms with van der Waals surface area (Å²) in [6.07, 6.45) is -6.39. The van der Waals surface area contributed by atoms with E-state index in [2.05, 4.69) is 0 Å². The second kappa shape index (κ2) is 14.5. The van der Waals surface area contributed by atoms with Crippen LogP contribution in [0.25, 0.3) is 0 Å². The molecule has 0 bridgehead atoms. The molecular formula is C12H26O8. The molecule has 0 heterocycles. The lowest BCUT2D eigenvalue weighted by Gasteiger charge is -2.24. The lowest BCUT2D eigenvalue weighted by molar-refractivity contribution is -0.123. The highest BCUT2D eigenvalue weighted by Crippen LogP contribution is 2.03. The molecule has 0 fully saturated rings. The predicted molar refractivity (Wildman–Crippen MR) is 70.9 cm³/mol. The zero-order chi connectivity index (χ0) is 16.9. The normalized spacial score (nSPS) is 15.5. The minimum Gasteiger partial charge on any atom is -0.394 e. The molecule has 4 atom stereocenters. The average Bonchev–Trinajstić information content (AvgIpc) is 2.33. The van der Waals surface area contributed by atoms with Gasteiger partial charge in [0.2, 0.25) is 0 Å². The molecule has 0 radical (unpaired) electrons. The van der Waals surface area contributed by atoms with Gasteiger partial charge in [-0.05, 0) is 27.7 Å². The van der Waals surface area contributed by atoms with Crippen molar-refractivity contribution in [1.29, 1.82) is 0 Å². The maximum atomic E-state index is 9.44. The second-order valence-electron chi connectivity index (χ2n) is 4.30. The lowest BCUT2D eigenvalue weighted by atomic mass is 10.0. The lowest BCUT2D eigenvalue weighted by Crippen LogP contribution is -2.46. The van der Waals surface area contributed by atoms with E-state index in [1.54, 1.807) is 0 Å². The van der Waals surface area contributed by atoms with Gasteiger partial charge in [-0.2, -0.15) is 0 Å². The van der Waals surface area contributed by atoms with Gasteiger partial charge in [-0.15, -0.1) is 0 Å². The summed E-state index contributed by atoms with van der Waals surface area (Å²) in [7, 11) is 0. The summed E-state index contributed by atoms with van der Waals surface area (Å²) < 4.78 is 0. The van der Waals surface area contributed by atoms with Crippen molar-refractivity contribution in [1.82, 2.24) is 0 Å². The number of aliphatic hydroxyl groups excluding tert-OH is 6. The van der Waals surface area contributed by atoms with E-state index in [-0.39, 0.29) is 11.6 Å². The second-order valence-corrected chi connectivity index (χ2v) is 4.30. The van der Waals surface area contributed by atoms with Crippen molar-refractivity contribution in [3.8, 4) is 0 Å². The number of ketones is 2. The maximum Gasteiger partial charge on any atom is 0.126 e. The molecular weight excluding hydrogens is 272 g/mol. The van der Waals surface area contributed by atoms with Crippen LogP contribution < -0.4 is 0 Å². The summed E-state index contributed by atoms with van der Waals surface area (Å²) >= 11 is 0. The van der Waals surface area contributed by atoms with Crippen molar-refractivity contribution in [2.24, 2.45) is 0 Å². The zero-order valence-electron chi connectivity index (χ0n) is 12.2. The topological polar surface area (TPSA) is 156 Å². The third-order valence-electron chi connectivity index (χ3n) is 1.51. The number of aliphatic hydroxyl groups is 6. The Morgan fingerprint density at radius 3 is 0.950 bits per heavy atom. The van der Waals surface area contributed by atoms with E-state index in [1.807, 2.05) is 0 Å². The van der Waals surface area contributed by atoms with Gasteiger partial charge in [-0.3, -0.25) is 0 Å². The molecule has 0 rings (SSSR count). The first-order valence-electron chi connectivity index (χ1n) is 5.89. The third kappa shape index (κ3) is 19.4. The largest absolute Gasteiger partial charge is 0.394 e. The van der Waals surface area contributed by atoms with Crippen LogP contribution in [0.2, 0.25) is 0 Å². The van der Waals surface area contributed by atoms with Gasteiger partial charge in [0.1, 0.15) is 36.0 Å². The Labute approximate surface area is 118 Å². The standard InChI is InChI=1S/C6H14O6.2C3H6O/c7-1-3(9)5(11)6(12)4(10)2-8;2*1-3(2)4/h3-12H,1-2H2;2*1-2H3/t3-,4-,5-,6-;;/m1../s1. The summed E-state index contributed by atoms with van der Waals surface area (Å²) in [4.78, 5) is 18.9. The minimum absolute atomic E-state index is 0.167. The number of carbonyl (C=O) groups is 2. The molecule has 0 saturated heterocycles. The monoisotopic (exact) mass is 298 g/mol. The van der Waals surface area contributed by atoms with E-state index in [1.165, 1.54) is 27.7 Å². The number of carbonyl (C=O) groups excluding carboxylic acids is 2. The minimum atomic E-state index is -1.67. The molecule has 0 aliphatic heterocycles. The van der Waals surface area contributed by atoms with Crippen LogP contribution in [-0.2, 0) is 9.59 Å². The number of rotatable bonds is 5. The summed E-state index contributed by atoms with van der Waals surface area (Å²) in [5.41, 5.74) is 0. The molecule has 0 aromatic rings. The van der Waals surface area contributed by atoms with Crippen LogP contribution in [-0.4, -0.2) is 79.8 Å². The van der Waals surface area contributed by atoms with Crippen molar-refractivity contribution in [3.05, 3.63) is 0 Å². The zero-order valence-corrected chi connectivity index (χ0v) is 12.2. The van der Waals surface area contributed by atoms with Crippen LogP contribution in [0.4, 0.5) is 0 Å². The Hall–Kier alpha value is -0.900. The molecule has 0 amide bonds. The van der Waals surface area contributed by atoms with E-state index in [9.17, 15) is 9.59 Å². The Morgan fingerprint density at radius 1 is 0.700 bits per heavy atom. The number of Topliss-reactive ketones (excluding diaryl/α,β-unsaturated/α-hetero) is 2. The summed E-state index contributed by atoms with van der Waals surface area (Å²) in [6, 6.07) is 0. The molecule has 6 N–H and O–H groups in total. The van der Waals surface area contributed by atoms with Gasteiger partial charge in [0.15, 0.2) is 0 Å². The molecule has 8 heteroatoms. The molecule has 0 aromatic heterocycles. The smallest absolute Gasteiger partial charge is 0.126 e. The van der Waals surface area contributed by atoms with Gasteiger partial charge in [0.05, 0.1) is 13.2 Å². The number of hydrogen-bond acceptors (Lipinski definition) is 8. The Kier molecular flexibility index (Phi) is 17.5. The highest BCUT2D eigenvalue weighted by Gasteiger charge is 2.29. The van der Waals surface area contributed by atoms with Crippen molar-refractivity contribution in [2.45, 2.75) is 52.1 Å². The summed E-state index contributed by atoms with van der Waals surface area (Å²) in [6.45, 7) is 4.66. The van der Waals surface area contributed by atoms with Crippen LogP contribution in [0.1, 0.15) is 27.7 Å². The predicted octanol–water partition coefficient (Wildman–Crippen LogP) is -2.39. The fraction of sp³-hybridized carbons (Fsp3) is 0.833. The number of hydrogen-bond donors (Lipinski definition) is 6. The van der Waals surface area contributed by atoms with Gasteiger partial charge < -0.3 is 40.2 Å². The van der Waals surface area contributed by atoms with Crippen molar-refractivity contribution in [3.63, 3.8) is 0 Å². The molecule has 122 valence electrons. The molecule has 0 saturated carbocycles. The SMILES string of the molecule is CC(C)=O.CC(C)=O.OC[C@@H](O)[C@@H](O)[C@H](O)[C@H](O)CO. The quantitative estimate of drug-likeness (QED) is 0.328. The van der Waals surface area contributed by atoms with E-state index in [0.29, 0.717) is 0 Å². The summed E-state index contributed by atoms with van der Waals surface area (Å²) in [5.74, 6) is 0.333. The Morgan fingerprint density at radius 2 is 0.850 bits per heavy atom.